The molecule has 25 heavy (non-hydrogen) atoms. The van der Waals surface area contributed by atoms with E-state index in [1.807, 2.05) is 17.4 Å². The third-order valence-electron chi connectivity index (χ3n) is 5.23. The molecule has 4 nitrogen and oxygen atoms in total. The molecule has 0 radical (unpaired) electrons. The van der Waals surface area contributed by atoms with Gasteiger partial charge in [0.05, 0.1) is 18.6 Å². The van der Waals surface area contributed by atoms with Gasteiger partial charge in [0, 0.05) is 31.1 Å². The summed E-state index contributed by atoms with van der Waals surface area (Å²) < 4.78 is 5.35. The van der Waals surface area contributed by atoms with Crippen LogP contribution in [0, 0.1) is 5.92 Å². The summed E-state index contributed by atoms with van der Waals surface area (Å²) in [4.78, 5) is 16.4. The van der Waals surface area contributed by atoms with Crippen molar-refractivity contribution in [2.24, 2.45) is 5.92 Å². The lowest BCUT2D eigenvalue weighted by atomic mass is 10.0. The summed E-state index contributed by atoms with van der Waals surface area (Å²) >= 11 is 1.86. The Labute approximate surface area is 152 Å². The van der Waals surface area contributed by atoms with Crippen molar-refractivity contribution >= 4 is 17.2 Å². The van der Waals surface area contributed by atoms with Gasteiger partial charge in [-0.3, -0.25) is 9.69 Å². The van der Waals surface area contributed by atoms with Gasteiger partial charge >= 0.3 is 0 Å². The lowest BCUT2D eigenvalue weighted by Gasteiger charge is -2.35. The van der Waals surface area contributed by atoms with Gasteiger partial charge < -0.3 is 10.1 Å². The zero-order valence-electron chi connectivity index (χ0n) is 14.3. The summed E-state index contributed by atoms with van der Waals surface area (Å²) in [6, 6.07) is 13.0. The van der Waals surface area contributed by atoms with E-state index in [0.717, 1.165) is 25.9 Å². The Hall–Kier alpha value is -1.69. The SMILES string of the molecule is O=C(NC[C@H](c1ccccc1)N1CCc2sccc2C1)[C@@H]1CCOC1. The number of hydrogen-bond donors (Lipinski definition) is 1. The molecular weight excluding hydrogens is 332 g/mol. The largest absolute Gasteiger partial charge is 0.381 e. The highest BCUT2D eigenvalue weighted by molar-refractivity contribution is 7.10. The highest BCUT2D eigenvalue weighted by atomic mass is 32.1. The lowest BCUT2D eigenvalue weighted by molar-refractivity contribution is -0.125. The number of nitrogens with zero attached hydrogens (tertiary/aromatic N) is 1. The molecule has 0 saturated carbocycles. The first-order valence-corrected chi connectivity index (χ1v) is 9.89. The minimum Gasteiger partial charge on any atom is -0.381 e. The minimum atomic E-state index is 0.0151. The average Bonchev–Trinajstić information content (AvgIpc) is 3.34. The Kier molecular flexibility index (Phi) is 5.15. The molecule has 3 heterocycles. The van der Waals surface area contributed by atoms with Crippen LogP contribution in [0.5, 0.6) is 0 Å². The molecule has 0 spiro atoms. The van der Waals surface area contributed by atoms with Gasteiger partial charge in [0.15, 0.2) is 0 Å². The maximum Gasteiger partial charge on any atom is 0.225 e. The standard InChI is InChI=1S/C20H24N2O2S/c23-20(17-7-10-24-14-17)21-12-18(15-4-2-1-3-5-15)22-9-6-19-16(13-22)8-11-25-19/h1-5,8,11,17-18H,6-7,9-10,12-14H2,(H,21,23)/t17-,18-/m1/s1. The normalized spacial score (nSPS) is 21.7. The average molecular weight is 356 g/mol. The van der Waals surface area contributed by atoms with Gasteiger partial charge in [0.25, 0.3) is 0 Å². The molecule has 2 aliphatic rings. The van der Waals surface area contributed by atoms with Crippen molar-refractivity contribution in [3.05, 3.63) is 57.8 Å². The molecular formula is C20H24N2O2S. The highest BCUT2D eigenvalue weighted by Crippen LogP contribution is 2.30. The summed E-state index contributed by atoms with van der Waals surface area (Å²) in [5.41, 5.74) is 2.71. The first-order chi connectivity index (χ1) is 12.3. The van der Waals surface area contributed by atoms with Crippen LogP contribution in [0.15, 0.2) is 41.8 Å². The van der Waals surface area contributed by atoms with Crippen molar-refractivity contribution in [3.63, 3.8) is 0 Å². The number of ether oxygens (including phenoxy) is 1. The maximum atomic E-state index is 12.4. The van der Waals surface area contributed by atoms with Crippen LogP contribution >= 0.6 is 11.3 Å². The molecule has 1 amide bonds. The van der Waals surface area contributed by atoms with Crippen molar-refractivity contribution in [3.8, 4) is 0 Å². The van der Waals surface area contributed by atoms with Crippen molar-refractivity contribution in [1.82, 2.24) is 10.2 Å². The van der Waals surface area contributed by atoms with E-state index in [1.54, 1.807) is 0 Å². The first-order valence-electron chi connectivity index (χ1n) is 9.01. The number of hydrogen-bond acceptors (Lipinski definition) is 4. The Morgan fingerprint density at radius 1 is 1.32 bits per heavy atom. The van der Waals surface area contributed by atoms with Gasteiger partial charge in [-0.25, -0.2) is 0 Å². The number of carbonyl (C=O) groups excluding carboxylic acids is 1. The highest BCUT2D eigenvalue weighted by Gasteiger charge is 2.28. The van der Waals surface area contributed by atoms with Crippen molar-refractivity contribution in [1.29, 1.82) is 0 Å². The molecule has 0 unspecified atom stereocenters. The van der Waals surface area contributed by atoms with Crippen LogP contribution in [0.4, 0.5) is 0 Å². The second kappa shape index (κ2) is 7.68. The third-order valence-corrected chi connectivity index (χ3v) is 6.26. The van der Waals surface area contributed by atoms with Gasteiger partial charge in [-0.05, 0) is 35.4 Å². The topological polar surface area (TPSA) is 41.6 Å². The summed E-state index contributed by atoms with van der Waals surface area (Å²) in [7, 11) is 0. The Bertz CT molecular complexity index is 709. The minimum absolute atomic E-state index is 0.0151. The van der Waals surface area contributed by atoms with E-state index in [1.165, 1.54) is 16.0 Å². The number of benzene rings is 1. The zero-order valence-corrected chi connectivity index (χ0v) is 15.1. The van der Waals surface area contributed by atoms with Gasteiger partial charge in [0.2, 0.25) is 5.91 Å². The van der Waals surface area contributed by atoms with Crippen LogP contribution < -0.4 is 5.32 Å². The van der Waals surface area contributed by atoms with Crippen molar-refractivity contribution < 1.29 is 9.53 Å². The second-order valence-electron chi connectivity index (χ2n) is 6.82. The van der Waals surface area contributed by atoms with E-state index in [-0.39, 0.29) is 17.9 Å². The van der Waals surface area contributed by atoms with Crippen LogP contribution in [0.1, 0.15) is 28.5 Å². The first kappa shape index (κ1) is 16.8. The molecule has 0 bridgehead atoms. The van der Waals surface area contributed by atoms with Crippen LogP contribution in [0.2, 0.25) is 0 Å². The molecule has 5 heteroatoms. The monoisotopic (exact) mass is 356 g/mol. The smallest absolute Gasteiger partial charge is 0.225 e. The van der Waals surface area contributed by atoms with Crippen LogP contribution in [-0.4, -0.2) is 37.1 Å². The molecule has 2 atom stereocenters. The fraction of sp³-hybridized carbons (Fsp3) is 0.450. The van der Waals surface area contributed by atoms with Gasteiger partial charge in [0.1, 0.15) is 0 Å². The van der Waals surface area contributed by atoms with Gasteiger partial charge in [-0.2, -0.15) is 0 Å². The number of rotatable bonds is 5. The second-order valence-corrected chi connectivity index (χ2v) is 7.82. The molecule has 132 valence electrons. The summed E-state index contributed by atoms with van der Waals surface area (Å²) in [5, 5.41) is 5.37. The Balaban J connectivity index is 1.48. The number of thiophene rings is 1. The summed E-state index contributed by atoms with van der Waals surface area (Å²) in [6.07, 6.45) is 1.94. The van der Waals surface area contributed by atoms with E-state index in [2.05, 4.69) is 45.9 Å². The van der Waals surface area contributed by atoms with Crippen LogP contribution in [0.3, 0.4) is 0 Å². The lowest BCUT2D eigenvalue weighted by Crippen LogP contribution is -2.42. The molecule has 2 aromatic rings. The van der Waals surface area contributed by atoms with Gasteiger partial charge in [-0.1, -0.05) is 30.3 Å². The quantitative estimate of drug-likeness (QED) is 0.895. The molecule has 0 aliphatic carbocycles. The molecule has 1 N–H and O–H groups in total. The molecule has 1 aromatic carbocycles. The Morgan fingerprint density at radius 2 is 2.20 bits per heavy atom. The van der Waals surface area contributed by atoms with E-state index < -0.39 is 0 Å². The zero-order chi connectivity index (χ0) is 17.1. The van der Waals surface area contributed by atoms with E-state index in [0.29, 0.717) is 19.8 Å². The number of fused-ring (bicyclic) bond motifs is 1. The number of carbonyl (C=O) groups is 1. The van der Waals surface area contributed by atoms with Crippen molar-refractivity contribution in [2.45, 2.75) is 25.4 Å². The molecule has 4 rings (SSSR count). The van der Waals surface area contributed by atoms with E-state index in [9.17, 15) is 4.79 Å². The van der Waals surface area contributed by atoms with Crippen LogP contribution in [-0.2, 0) is 22.5 Å². The predicted octanol–water partition coefficient (Wildman–Crippen LogP) is 3.00. The molecule has 1 fully saturated rings. The van der Waals surface area contributed by atoms with Gasteiger partial charge in [-0.15, -0.1) is 11.3 Å². The van der Waals surface area contributed by atoms with E-state index >= 15 is 0 Å². The predicted molar refractivity (Wildman–Crippen MR) is 99.6 cm³/mol. The van der Waals surface area contributed by atoms with Crippen LogP contribution in [0.25, 0.3) is 0 Å². The summed E-state index contributed by atoms with van der Waals surface area (Å²) in [5.74, 6) is 0.146. The maximum absolute atomic E-state index is 12.4. The summed E-state index contributed by atoms with van der Waals surface area (Å²) in [6.45, 7) is 3.91. The number of nitrogens with one attached hydrogen (secondary N) is 1. The molecule has 1 saturated heterocycles. The fourth-order valence-corrected chi connectivity index (χ4v) is 4.64. The van der Waals surface area contributed by atoms with Crippen molar-refractivity contribution in [2.75, 3.05) is 26.3 Å². The number of amides is 1. The fourth-order valence-electron chi connectivity index (χ4n) is 3.75. The van der Waals surface area contributed by atoms with E-state index in [4.69, 9.17) is 4.74 Å². The molecule has 2 aliphatic heterocycles. The third kappa shape index (κ3) is 3.78. The Morgan fingerprint density at radius 3 is 3.00 bits per heavy atom. The molecule has 1 aromatic heterocycles.